The Bertz CT molecular complexity index is 1220. The molecule has 3 aliphatic rings. The normalized spacial score (nSPS) is 25.9. The van der Waals surface area contributed by atoms with E-state index in [0.717, 1.165) is 60.8 Å². The molecular formula is C37H54FNO5. The van der Waals surface area contributed by atoms with Gasteiger partial charge in [0.1, 0.15) is 17.3 Å². The van der Waals surface area contributed by atoms with Crippen molar-refractivity contribution in [3.63, 3.8) is 0 Å². The summed E-state index contributed by atoms with van der Waals surface area (Å²) in [7, 11) is 0. The highest BCUT2D eigenvalue weighted by atomic mass is 19.1. The summed E-state index contributed by atoms with van der Waals surface area (Å²) in [6, 6.07) is 1.46. The second kappa shape index (κ2) is 15.1. The zero-order valence-electron chi connectivity index (χ0n) is 27.1. The van der Waals surface area contributed by atoms with Crippen LogP contribution in [0.2, 0.25) is 0 Å². The molecule has 0 spiro atoms. The summed E-state index contributed by atoms with van der Waals surface area (Å²) < 4.78 is 20.4. The molecule has 6 nitrogen and oxygen atoms in total. The van der Waals surface area contributed by atoms with Gasteiger partial charge in [-0.2, -0.15) is 0 Å². The molecule has 1 heterocycles. The predicted octanol–water partition coefficient (Wildman–Crippen LogP) is 7.51. The molecule has 1 aromatic rings. The average Bonchev–Trinajstić information content (AvgIpc) is 3.85. The number of phenols is 2. The third-order valence-corrected chi connectivity index (χ3v) is 10.5. The molecule has 1 saturated carbocycles. The minimum Gasteiger partial charge on any atom is -0.508 e. The first-order valence-electron chi connectivity index (χ1n) is 16.6. The number of rotatable bonds is 15. The van der Waals surface area contributed by atoms with Gasteiger partial charge < -0.3 is 30.5 Å². The molecule has 5 N–H and O–H groups in total. The van der Waals surface area contributed by atoms with Crippen LogP contribution in [0, 0.1) is 25.2 Å². The van der Waals surface area contributed by atoms with Crippen LogP contribution < -0.4 is 5.32 Å². The molecule has 244 valence electrons. The van der Waals surface area contributed by atoms with E-state index in [1.54, 1.807) is 12.2 Å². The zero-order chi connectivity index (χ0) is 32.0. The zero-order valence-corrected chi connectivity index (χ0v) is 27.1. The van der Waals surface area contributed by atoms with Gasteiger partial charge in [-0.15, -0.1) is 0 Å². The van der Waals surface area contributed by atoms with E-state index >= 15 is 0 Å². The largest absolute Gasteiger partial charge is 0.508 e. The smallest absolute Gasteiger partial charge is 0.122 e. The monoisotopic (exact) mass is 611 g/mol. The van der Waals surface area contributed by atoms with E-state index in [1.165, 1.54) is 12.1 Å². The number of benzene rings is 1. The maximum Gasteiger partial charge on any atom is 0.122 e. The number of aliphatic hydroxyl groups is 2. The molecule has 2 fully saturated rings. The van der Waals surface area contributed by atoms with Gasteiger partial charge in [-0.1, -0.05) is 38.2 Å². The molecule has 0 amide bonds. The van der Waals surface area contributed by atoms with Crippen LogP contribution in [0.4, 0.5) is 4.39 Å². The van der Waals surface area contributed by atoms with Crippen molar-refractivity contribution in [2.45, 2.75) is 135 Å². The first-order valence-corrected chi connectivity index (χ1v) is 16.6. The average molecular weight is 612 g/mol. The number of aliphatic hydroxyl groups excluding tert-OH is 2. The Kier molecular flexibility index (Phi) is 11.8. The number of hydrogen-bond acceptors (Lipinski definition) is 6. The molecule has 7 heteroatoms. The van der Waals surface area contributed by atoms with Crippen molar-refractivity contribution in [3.05, 3.63) is 70.7 Å². The molecule has 44 heavy (non-hydrogen) atoms. The maximum absolute atomic E-state index is 13.5. The first kappa shape index (κ1) is 34.3. The van der Waals surface area contributed by atoms with E-state index in [2.05, 4.69) is 25.7 Å². The third kappa shape index (κ3) is 8.76. The summed E-state index contributed by atoms with van der Waals surface area (Å²) in [5.74, 6) is 0.447. The minimum absolute atomic E-state index is 0.0228. The van der Waals surface area contributed by atoms with Crippen LogP contribution in [0.1, 0.15) is 101 Å². The highest BCUT2D eigenvalue weighted by molar-refractivity contribution is 5.50. The number of allylic oxidation sites excluding steroid dienone is 6. The summed E-state index contributed by atoms with van der Waals surface area (Å²) in [5, 5.41) is 45.9. The second-order valence-corrected chi connectivity index (χ2v) is 13.7. The highest BCUT2D eigenvalue weighted by Gasteiger charge is 2.46. The molecule has 0 aromatic heterocycles. The number of halogens is 1. The van der Waals surface area contributed by atoms with Gasteiger partial charge in [0.25, 0.3) is 0 Å². The van der Waals surface area contributed by atoms with E-state index in [1.807, 2.05) is 19.9 Å². The van der Waals surface area contributed by atoms with E-state index in [0.29, 0.717) is 50.1 Å². The Morgan fingerprint density at radius 2 is 1.77 bits per heavy atom. The molecule has 1 aliphatic heterocycles. The van der Waals surface area contributed by atoms with Crippen LogP contribution in [0.5, 0.6) is 11.5 Å². The van der Waals surface area contributed by atoms with Gasteiger partial charge in [0, 0.05) is 18.2 Å². The minimum atomic E-state index is -0.713. The number of nitrogens with one attached hydrogen (secondary N) is 1. The molecule has 0 bridgehead atoms. The lowest BCUT2D eigenvalue weighted by molar-refractivity contribution is -0.150. The predicted molar refractivity (Wildman–Crippen MR) is 174 cm³/mol. The van der Waals surface area contributed by atoms with Crippen molar-refractivity contribution < 1.29 is 29.6 Å². The van der Waals surface area contributed by atoms with Crippen molar-refractivity contribution in [1.29, 1.82) is 0 Å². The number of hydrogen-bond donors (Lipinski definition) is 5. The second-order valence-electron chi connectivity index (χ2n) is 13.7. The molecule has 4 rings (SSSR count). The van der Waals surface area contributed by atoms with Crippen LogP contribution in [0.25, 0.3) is 0 Å². The first-order chi connectivity index (χ1) is 20.9. The quantitative estimate of drug-likeness (QED) is 0.141. The number of phenolic OH excluding ortho intramolecular Hbond substituents is 2. The Morgan fingerprint density at radius 1 is 1.07 bits per heavy atom. The summed E-state index contributed by atoms with van der Waals surface area (Å²) in [5.41, 5.74) is 4.10. The van der Waals surface area contributed by atoms with Gasteiger partial charge in [-0.3, -0.25) is 0 Å². The van der Waals surface area contributed by atoms with Gasteiger partial charge in [-0.05, 0) is 125 Å². The van der Waals surface area contributed by atoms with Crippen molar-refractivity contribution in [2.75, 3.05) is 0 Å². The molecule has 6 atom stereocenters. The van der Waals surface area contributed by atoms with E-state index in [4.69, 9.17) is 4.74 Å². The molecule has 4 unspecified atom stereocenters. The summed E-state index contributed by atoms with van der Waals surface area (Å²) in [6.45, 7) is 12.4. The summed E-state index contributed by atoms with van der Waals surface area (Å²) in [4.78, 5) is 0. The van der Waals surface area contributed by atoms with Gasteiger partial charge in [0.05, 0.1) is 30.5 Å². The number of ether oxygens (including phenoxy) is 1. The molecule has 2 aliphatic carbocycles. The van der Waals surface area contributed by atoms with Crippen LogP contribution in [-0.4, -0.2) is 50.9 Å². The van der Waals surface area contributed by atoms with Gasteiger partial charge in [-0.25, -0.2) is 4.39 Å². The molecule has 1 saturated heterocycles. The summed E-state index contributed by atoms with van der Waals surface area (Å²) in [6.07, 6.45) is 14.9. The number of aromatic hydroxyl groups is 2. The van der Waals surface area contributed by atoms with Gasteiger partial charge >= 0.3 is 0 Å². The standard InChI is InChI=1S/C37H54FNO5/c1-6-37(5)20-19-34(44-35(37)21-29(40)11-8-12-30-23(2)32(42)22-33(43)24(30)3)36(27-15-16-27)39-25(4)31(41)18-14-26-9-7-10-28(38)17-13-26/h9-10,13,17,22,27,29,31,34-36,39-43H,4,6-8,11-12,14-16,18-21H2,1-3,5H3/t29-,31?,34+,35?,36?,37?/m1/s1. The lowest BCUT2D eigenvalue weighted by atomic mass is 9.72. The lowest BCUT2D eigenvalue weighted by Gasteiger charge is -2.47. The van der Waals surface area contributed by atoms with Crippen molar-refractivity contribution in [3.8, 4) is 11.5 Å². The molecular weight excluding hydrogens is 557 g/mol. The van der Waals surface area contributed by atoms with Gasteiger partial charge in [0.15, 0.2) is 0 Å². The van der Waals surface area contributed by atoms with Crippen molar-refractivity contribution in [1.82, 2.24) is 5.32 Å². The lowest BCUT2D eigenvalue weighted by Crippen LogP contribution is -2.52. The van der Waals surface area contributed by atoms with E-state index < -0.39 is 12.2 Å². The SMILES string of the molecule is C=C(NC(C1CC1)[C@@H]1CCC(C)(CC)C(C[C@H](O)CCCc2c(C)c(O)cc(O)c2C)O1)C(O)CCC1=CCC=C(F)C=C1. The van der Waals surface area contributed by atoms with Crippen molar-refractivity contribution in [2.24, 2.45) is 11.3 Å². The Hall–Kier alpha value is -2.61. The Labute approximate surface area is 263 Å². The summed E-state index contributed by atoms with van der Waals surface area (Å²) >= 11 is 0. The maximum atomic E-state index is 13.5. The van der Waals surface area contributed by atoms with E-state index in [-0.39, 0.29) is 41.0 Å². The Balaban J connectivity index is 1.33. The fourth-order valence-corrected chi connectivity index (χ4v) is 6.86. The third-order valence-electron chi connectivity index (χ3n) is 10.5. The molecule has 0 radical (unpaired) electrons. The fourth-order valence-electron chi connectivity index (χ4n) is 6.86. The van der Waals surface area contributed by atoms with E-state index in [9.17, 15) is 24.8 Å². The van der Waals surface area contributed by atoms with Gasteiger partial charge in [0.2, 0.25) is 0 Å². The molecule has 1 aromatic carbocycles. The van der Waals surface area contributed by atoms with Crippen molar-refractivity contribution >= 4 is 0 Å². The Morgan fingerprint density at radius 3 is 2.43 bits per heavy atom. The topological polar surface area (TPSA) is 102 Å². The van der Waals surface area contributed by atoms with Crippen LogP contribution in [-0.2, 0) is 11.2 Å². The fraction of sp³-hybridized carbons (Fsp3) is 0.622. The van der Waals surface area contributed by atoms with Crippen LogP contribution in [0.3, 0.4) is 0 Å². The van der Waals surface area contributed by atoms with Crippen LogP contribution >= 0.6 is 0 Å². The highest BCUT2D eigenvalue weighted by Crippen LogP contribution is 2.45. The van der Waals surface area contributed by atoms with Crippen LogP contribution in [0.15, 0.2) is 54.0 Å².